The number of aliphatic hydroxyl groups is 2. The number of ether oxygens (including phenoxy) is 6. The van der Waals surface area contributed by atoms with Gasteiger partial charge in [0.15, 0.2) is 0 Å². The van der Waals surface area contributed by atoms with Crippen molar-refractivity contribution in [2.45, 2.75) is 69.7 Å². The van der Waals surface area contributed by atoms with Crippen molar-refractivity contribution in [2.24, 2.45) is 0 Å². The molecule has 0 radical (unpaired) electrons. The van der Waals surface area contributed by atoms with Crippen molar-refractivity contribution >= 4 is 0 Å². The molecule has 4 aromatic carbocycles. The average Bonchev–Trinajstić information content (AvgIpc) is 3.10. The lowest BCUT2D eigenvalue weighted by Crippen LogP contribution is -2.66. The maximum atomic E-state index is 10.6. The maximum absolute atomic E-state index is 10.6. The highest BCUT2D eigenvalue weighted by Crippen LogP contribution is 2.35. The monoisotopic (exact) mass is 628 g/mol. The Kier molecular flexibility index (Phi) is 12.9. The van der Waals surface area contributed by atoms with Crippen molar-refractivity contribution in [3.8, 4) is 0 Å². The minimum atomic E-state index is -1.49. The van der Waals surface area contributed by atoms with Crippen LogP contribution in [0.15, 0.2) is 121 Å². The molecule has 0 saturated carbocycles. The first kappa shape index (κ1) is 33.9. The predicted molar refractivity (Wildman–Crippen MR) is 173 cm³/mol. The quantitative estimate of drug-likeness (QED) is 0.160. The first-order valence-corrected chi connectivity index (χ1v) is 15.7. The van der Waals surface area contributed by atoms with E-state index in [0.717, 1.165) is 22.3 Å². The van der Waals surface area contributed by atoms with Crippen LogP contribution in [-0.4, -0.2) is 66.3 Å². The van der Waals surface area contributed by atoms with Gasteiger partial charge in [-0.15, -0.1) is 0 Å². The zero-order valence-corrected chi connectivity index (χ0v) is 26.2. The average molecular weight is 629 g/mol. The lowest BCUT2D eigenvalue weighted by Gasteiger charge is -2.49. The zero-order chi connectivity index (χ0) is 32.0. The summed E-state index contributed by atoms with van der Waals surface area (Å²) in [7, 11) is 0. The second-order valence-electron chi connectivity index (χ2n) is 11.5. The number of hydrogen-bond donors (Lipinski definition) is 2. The van der Waals surface area contributed by atoms with Crippen molar-refractivity contribution in [1.29, 1.82) is 0 Å². The van der Waals surface area contributed by atoms with Crippen LogP contribution >= 0.6 is 0 Å². The molecule has 4 aromatic rings. The Hall–Kier alpha value is -3.44. The summed E-state index contributed by atoms with van der Waals surface area (Å²) >= 11 is 0. The van der Waals surface area contributed by atoms with Crippen LogP contribution in [0.4, 0.5) is 0 Å². The molecule has 244 valence electrons. The molecular weight excluding hydrogens is 584 g/mol. The molecule has 0 amide bonds. The van der Waals surface area contributed by atoms with Gasteiger partial charge in [0.05, 0.1) is 45.7 Å². The van der Waals surface area contributed by atoms with Gasteiger partial charge in [0, 0.05) is 0 Å². The van der Waals surface area contributed by atoms with Crippen molar-refractivity contribution in [2.75, 3.05) is 19.8 Å². The van der Waals surface area contributed by atoms with Crippen LogP contribution in [0.5, 0.6) is 0 Å². The molecule has 8 nitrogen and oxygen atoms in total. The van der Waals surface area contributed by atoms with Crippen LogP contribution in [0.1, 0.15) is 29.2 Å². The molecule has 0 spiro atoms. The normalized spacial score (nSPS) is 22.7. The van der Waals surface area contributed by atoms with Crippen molar-refractivity contribution in [1.82, 2.24) is 0 Å². The third-order valence-corrected chi connectivity index (χ3v) is 7.92. The molecular formula is C38H44O8. The molecule has 2 N–H and O–H groups in total. The zero-order valence-electron chi connectivity index (χ0n) is 26.2. The molecule has 0 aliphatic carbocycles. The van der Waals surface area contributed by atoms with Crippen molar-refractivity contribution in [3.05, 3.63) is 144 Å². The highest BCUT2D eigenvalue weighted by molar-refractivity contribution is 5.16. The lowest BCUT2D eigenvalue weighted by atomic mass is 9.95. The van der Waals surface area contributed by atoms with Gasteiger partial charge in [-0.25, -0.2) is 0 Å². The van der Waals surface area contributed by atoms with Crippen LogP contribution in [0.25, 0.3) is 0 Å². The van der Waals surface area contributed by atoms with Crippen LogP contribution in [0.2, 0.25) is 0 Å². The molecule has 1 aliphatic heterocycles. The molecule has 8 heteroatoms. The molecule has 6 atom stereocenters. The van der Waals surface area contributed by atoms with Crippen LogP contribution in [0.3, 0.4) is 0 Å². The van der Waals surface area contributed by atoms with Gasteiger partial charge in [-0.2, -0.15) is 0 Å². The second-order valence-corrected chi connectivity index (χ2v) is 11.5. The Balaban J connectivity index is 1.46. The van der Waals surface area contributed by atoms with Gasteiger partial charge in [-0.3, -0.25) is 0 Å². The Bertz CT molecular complexity index is 1390. The molecule has 0 bridgehead atoms. The van der Waals surface area contributed by atoms with Crippen molar-refractivity contribution < 1.29 is 38.6 Å². The second kappa shape index (κ2) is 17.5. The fourth-order valence-electron chi connectivity index (χ4n) is 5.25. The molecule has 1 saturated heterocycles. The van der Waals surface area contributed by atoms with Gasteiger partial charge < -0.3 is 38.6 Å². The topological polar surface area (TPSA) is 95.8 Å². The summed E-state index contributed by atoms with van der Waals surface area (Å²) in [5, 5.41) is 20.7. The Morgan fingerprint density at radius 3 is 1.61 bits per heavy atom. The minimum Gasteiger partial charge on any atom is -0.391 e. The van der Waals surface area contributed by atoms with E-state index in [9.17, 15) is 10.2 Å². The van der Waals surface area contributed by atoms with Gasteiger partial charge in [-0.05, 0) is 29.2 Å². The Morgan fingerprint density at radius 1 is 0.652 bits per heavy atom. The molecule has 46 heavy (non-hydrogen) atoms. The molecule has 1 aliphatic rings. The van der Waals surface area contributed by atoms with E-state index in [-0.39, 0.29) is 26.4 Å². The Morgan fingerprint density at radius 2 is 1.11 bits per heavy atom. The summed E-state index contributed by atoms with van der Waals surface area (Å²) in [6, 6.07) is 39.5. The fraction of sp³-hybridized carbons (Fsp3) is 0.368. The number of hydrogen-bond acceptors (Lipinski definition) is 8. The van der Waals surface area contributed by atoms with Crippen LogP contribution in [-0.2, 0) is 54.8 Å². The smallest absolute Gasteiger partial charge is 0.221 e. The van der Waals surface area contributed by atoms with Gasteiger partial charge in [0.25, 0.3) is 0 Å². The molecule has 5 rings (SSSR count). The largest absolute Gasteiger partial charge is 0.391 e. The SMILES string of the molecule is C[C@@H](O)[C@H](O)CO[C@]1(COCc2ccccc2)OC[C@@H](OCc2ccccc2)[C@@H](OCc2ccccc2)[C@@H]1OCc1ccccc1. The summed E-state index contributed by atoms with van der Waals surface area (Å²) in [6.07, 6.45) is -4.17. The third kappa shape index (κ3) is 9.78. The van der Waals surface area contributed by atoms with Gasteiger partial charge in [0.2, 0.25) is 5.79 Å². The van der Waals surface area contributed by atoms with E-state index in [0.29, 0.717) is 19.8 Å². The van der Waals surface area contributed by atoms with Crippen molar-refractivity contribution in [3.63, 3.8) is 0 Å². The van der Waals surface area contributed by atoms with E-state index in [1.54, 1.807) is 0 Å². The van der Waals surface area contributed by atoms with Crippen LogP contribution < -0.4 is 0 Å². The summed E-state index contributed by atoms with van der Waals surface area (Å²) in [4.78, 5) is 0. The molecule has 0 aromatic heterocycles. The number of aliphatic hydroxyl groups excluding tert-OH is 2. The van der Waals surface area contributed by atoms with E-state index < -0.39 is 36.3 Å². The van der Waals surface area contributed by atoms with Gasteiger partial charge in [0.1, 0.15) is 31.0 Å². The van der Waals surface area contributed by atoms with Gasteiger partial charge in [-0.1, -0.05) is 121 Å². The van der Waals surface area contributed by atoms with E-state index >= 15 is 0 Å². The molecule has 1 fully saturated rings. The Labute approximate surface area is 271 Å². The highest BCUT2D eigenvalue weighted by Gasteiger charge is 2.55. The van der Waals surface area contributed by atoms with E-state index in [1.807, 2.05) is 121 Å². The molecule has 1 heterocycles. The van der Waals surface area contributed by atoms with E-state index in [1.165, 1.54) is 6.92 Å². The number of rotatable bonds is 17. The maximum Gasteiger partial charge on any atom is 0.221 e. The van der Waals surface area contributed by atoms with Crippen LogP contribution in [0, 0.1) is 0 Å². The van der Waals surface area contributed by atoms with E-state index in [2.05, 4.69) is 0 Å². The number of benzene rings is 4. The summed E-state index contributed by atoms with van der Waals surface area (Å²) in [5.41, 5.74) is 3.96. The first-order valence-electron chi connectivity index (χ1n) is 15.7. The highest BCUT2D eigenvalue weighted by atomic mass is 16.7. The predicted octanol–water partition coefficient (Wildman–Crippen LogP) is 5.44. The standard InChI is InChI=1S/C38H44O8/c1-29(39)34(40)26-45-38(28-41-22-30-14-6-2-7-15-30)37(44-25-33-20-12-5-13-21-33)36(43-24-32-18-10-4-11-19-32)35(27-46-38)42-23-31-16-8-3-9-17-31/h2-21,29,34-37,39-40H,22-28H2,1H3/t29-,34-,35-,36-,37+,38-/m1/s1. The fourth-order valence-corrected chi connectivity index (χ4v) is 5.25. The summed E-state index contributed by atoms with van der Waals surface area (Å²) < 4.78 is 39.0. The molecule has 0 unspecified atom stereocenters. The first-order chi connectivity index (χ1) is 22.5. The summed E-state index contributed by atoms with van der Waals surface area (Å²) in [6.45, 7) is 2.61. The third-order valence-electron chi connectivity index (χ3n) is 7.92. The van der Waals surface area contributed by atoms with Gasteiger partial charge >= 0.3 is 0 Å². The lowest BCUT2D eigenvalue weighted by molar-refractivity contribution is -0.374. The van der Waals surface area contributed by atoms with E-state index in [4.69, 9.17) is 28.4 Å². The summed E-state index contributed by atoms with van der Waals surface area (Å²) in [5.74, 6) is -1.49. The minimum absolute atomic E-state index is 0.0233.